The maximum Gasteiger partial charge on any atom is 0.252 e. The number of amides is 2. The van der Waals surface area contributed by atoms with Crippen molar-refractivity contribution >= 4 is 34.7 Å². The number of hydrogen-bond donors (Lipinski definition) is 2. The normalized spacial score (nSPS) is 23.5. The van der Waals surface area contributed by atoms with Crippen LogP contribution < -0.4 is 10.6 Å². The van der Waals surface area contributed by atoms with E-state index in [1.165, 1.54) is 6.92 Å². The highest BCUT2D eigenvalue weighted by atomic mass is 35.5. The van der Waals surface area contributed by atoms with Crippen LogP contribution in [-0.2, 0) is 9.59 Å². The Kier molecular flexibility index (Phi) is 3.93. The topological polar surface area (TPSA) is 58.2 Å². The number of benzene rings is 1. The van der Waals surface area contributed by atoms with E-state index in [1.807, 2.05) is 48.6 Å². The molecule has 3 aliphatic rings. The molecule has 2 aliphatic carbocycles. The fourth-order valence-corrected chi connectivity index (χ4v) is 3.90. The maximum atomic E-state index is 12.7. The van der Waals surface area contributed by atoms with Gasteiger partial charge in [-0.2, -0.15) is 0 Å². The lowest BCUT2D eigenvalue weighted by Gasteiger charge is -2.42. The summed E-state index contributed by atoms with van der Waals surface area (Å²) in [7, 11) is 0. The first kappa shape index (κ1) is 16.6. The van der Waals surface area contributed by atoms with Crippen molar-refractivity contribution in [2.45, 2.75) is 6.92 Å². The van der Waals surface area contributed by atoms with E-state index < -0.39 is 5.41 Å². The zero-order valence-electron chi connectivity index (χ0n) is 14.2. The number of halogens is 1. The number of hydrogen-bond acceptors (Lipinski definition) is 2. The SMILES string of the molecule is CC(=O)Nc1cccc(C2=C3C=CC=C4C=C(Cl)C=CC43CNC2=O)c1. The second kappa shape index (κ2) is 6.15. The van der Waals surface area contributed by atoms with Crippen molar-refractivity contribution in [2.24, 2.45) is 5.41 Å². The number of nitrogens with one attached hydrogen (secondary N) is 2. The van der Waals surface area contributed by atoms with E-state index in [1.54, 1.807) is 6.07 Å². The third-order valence-electron chi connectivity index (χ3n) is 4.85. The van der Waals surface area contributed by atoms with Gasteiger partial charge >= 0.3 is 0 Å². The van der Waals surface area contributed by atoms with Crippen LogP contribution in [0.15, 0.2) is 76.9 Å². The molecular weight excluding hydrogens is 348 g/mol. The van der Waals surface area contributed by atoms with Crippen molar-refractivity contribution in [1.82, 2.24) is 5.32 Å². The number of allylic oxidation sites excluding steroid dienone is 6. The molecule has 1 atom stereocenters. The lowest BCUT2D eigenvalue weighted by Crippen LogP contribution is -2.45. The minimum Gasteiger partial charge on any atom is -0.350 e. The van der Waals surface area contributed by atoms with Gasteiger partial charge in [-0.05, 0) is 41.0 Å². The van der Waals surface area contributed by atoms with Crippen LogP contribution in [0, 0.1) is 5.41 Å². The third kappa shape index (κ3) is 2.63. The largest absolute Gasteiger partial charge is 0.350 e. The summed E-state index contributed by atoms with van der Waals surface area (Å²) in [5, 5.41) is 6.45. The number of carbonyl (C=O) groups is 2. The summed E-state index contributed by atoms with van der Waals surface area (Å²) in [5.74, 6) is -0.271. The van der Waals surface area contributed by atoms with Gasteiger partial charge in [-0.25, -0.2) is 0 Å². The van der Waals surface area contributed by atoms with E-state index in [2.05, 4.69) is 16.7 Å². The highest BCUT2D eigenvalue weighted by Gasteiger charge is 2.43. The molecule has 0 saturated carbocycles. The van der Waals surface area contributed by atoms with Crippen LogP contribution in [0.25, 0.3) is 5.57 Å². The average molecular weight is 365 g/mol. The molecule has 2 amide bonds. The molecule has 5 heteroatoms. The molecule has 1 unspecified atom stereocenters. The Bertz CT molecular complexity index is 981. The molecular formula is C21H17ClN2O2. The molecule has 0 aromatic heterocycles. The van der Waals surface area contributed by atoms with Crippen LogP contribution in [-0.4, -0.2) is 18.4 Å². The van der Waals surface area contributed by atoms with Gasteiger partial charge in [0.15, 0.2) is 0 Å². The smallest absolute Gasteiger partial charge is 0.252 e. The molecule has 130 valence electrons. The third-order valence-corrected chi connectivity index (χ3v) is 5.09. The van der Waals surface area contributed by atoms with Gasteiger partial charge in [-0.1, -0.05) is 48.0 Å². The number of rotatable bonds is 2. The Balaban J connectivity index is 1.89. The van der Waals surface area contributed by atoms with Crippen molar-refractivity contribution in [3.05, 3.63) is 82.5 Å². The molecule has 1 aromatic carbocycles. The van der Waals surface area contributed by atoms with Crippen molar-refractivity contribution in [3.63, 3.8) is 0 Å². The zero-order valence-corrected chi connectivity index (χ0v) is 14.9. The quantitative estimate of drug-likeness (QED) is 0.840. The van der Waals surface area contributed by atoms with Gasteiger partial charge in [-0.3, -0.25) is 9.59 Å². The van der Waals surface area contributed by atoms with Crippen LogP contribution in [0.4, 0.5) is 5.69 Å². The minimum atomic E-state index is -0.416. The molecule has 2 N–H and O–H groups in total. The summed E-state index contributed by atoms with van der Waals surface area (Å²) in [5.41, 5.74) is 3.62. The zero-order chi connectivity index (χ0) is 18.3. The first-order chi connectivity index (χ1) is 12.5. The lowest BCUT2D eigenvalue weighted by molar-refractivity contribution is -0.116. The van der Waals surface area contributed by atoms with Gasteiger partial charge in [-0.15, -0.1) is 0 Å². The first-order valence-electron chi connectivity index (χ1n) is 8.36. The summed E-state index contributed by atoms with van der Waals surface area (Å²) in [6.07, 6.45) is 11.8. The predicted molar refractivity (Wildman–Crippen MR) is 103 cm³/mol. The molecule has 0 radical (unpaired) electrons. The van der Waals surface area contributed by atoms with E-state index in [0.29, 0.717) is 22.8 Å². The fourth-order valence-electron chi connectivity index (χ4n) is 3.72. The van der Waals surface area contributed by atoms with Crippen LogP contribution in [0.5, 0.6) is 0 Å². The second-order valence-corrected chi connectivity index (χ2v) is 6.98. The number of anilines is 1. The van der Waals surface area contributed by atoms with Crippen molar-refractivity contribution in [2.75, 3.05) is 11.9 Å². The molecule has 0 saturated heterocycles. The monoisotopic (exact) mass is 364 g/mol. The van der Waals surface area contributed by atoms with Crippen LogP contribution in [0.1, 0.15) is 12.5 Å². The Morgan fingerprint density at radius 2 is 2.15 bits per heavy atom. The average Bonchev–Trinajstić information content (AvgIpc) is 2.60. The van der Waals surface area contributed by atoms with Gasteiger partial charge in [0.2, 0.25) is 5.91 Å². The summed E-state index contributed by atoms with van der Waals surface area (Å²) >= 11 is 6.18. The molecule has 1 aliphatic heterocycles. The van der Waals surface area contributed by atoms with E-state index >= 15 is 0 Å². The Morgan fingerprint density at radius 3 is 2.96 bits per heavy atom. The second-order valence-electron chi connectivity index (χ2n) is 6.55. The van der Waals surface area contributed by atoms with Gasteiger partial charge in [0, 0.05) is 24.2 Å². The summed E-state index contributed by atoms with van der Waals surface area (Å²) in [6, 6.07) is 7.34. The maximum absolute atomic E-state index is 12.7. The molecule has 4 nitrogen and oxygen atoms in total. The molecule has 1 aromatic rings. The van der Waals surface area contributed by atoms with Gasteiger partial charge in [0.05, 0.1) is 11.0 Å². The molecule has 1 heterocycles. The van der Waals surface area contributed by atoms with Gasteiger partial charge in [0.25, 0.3) is 5.91 Å². The Labute approximate surface area is 156 Å². The molecule has 0 fully saturated rings. The van der Waals surface area contributed by atoms with Crippen molar-refractivity contribution < 1.29 is 9.59 Å². The Morgan fingerprint density at radius 1 is 1.31 bits per heavy atom. The first-order valence-corrected chi connectivity index (χ1v) is 8.74. The summed E-state index contributed by atoms with van der Waals surface area (Å²) < 4.78 is 0. The standard InChI is InChI=1S/C21H17ClN2O2/c1-13(25)24-17-6-2-4-14(10-17)19-18-7-3-5-15-11-16(22)8-9-21(15,18)12-23-20(19)26/h2-11H,12H2,1H3,(H,23,26)(H,24,25). The number of carbonyl (C=O) groups excluding carboxylic acids is 2. The van der Waals surface area contributed by atoms with Gasteiger partial charge in [0.1, 0.15) is 0 Å². The van der Waals surface area contributed by atoms with Crippen molar-refractivity contribution in [3.8, 4) is 0 Å². The predicted octanol–water partition coefficient (Wildman–Crippen LogP) is 3.70. The summed E-state index contributed by atoms with van der Waals surface area (Å²) in [4.78, 5) is 24.1. The van der Waals surface area contributed by atoms with E-state index in [4.69, 9.17) is 11.6 Å². The molecule has 26 heavy (non-hydrogen) atoms. The van der Waals surface area contributed by atoms with Gasteiger partial charge < -0.3 is 10.6 Å². The van der Waals surface area contributed by atoms with Crippen LogP contribution in [0.2, 0.25) is 0 Å². The van der Waals surface area contributed by atoms with Crippen LogP contribution >= 0.6 is 11.6 Å². The minimum absolute atomic E-state index is 0.120. The molecule has 0 bridgehead atoms. The highest BCUT2D eigenvalue weighted by molar-refractivity contribution is 6.31. The Hall–Kier alpha value is -2.85. The molecule has 1 spiro atoms. The van der Waals surface area contributed by atoms with Crippen molar-refractivity contribution in [1.29, 1.82) is 0 Å². The van der Waals surface area contributed by atoms with Crippen LogP contribution in [0.3, 0.4) is 0 Å². The lowest BCUT2D eigenvalue weighted by atomic mass is 9.65. The van der Waals surface area contributed by atoms with E-state index in [9.17, 15) is 9.59 Å². The highest BCUT2D eigenvalue weighted by Crippen LogP contribution is 2.49. The summed E-state index contributed by atoms with van der Waals surface area (Å²) in [6.45, 7) is 1.95. The van der Waals surface area contributed by atoms with E-state index in [0.717, 1.165) is 16.7 Å². The fraction of sp³-hybridized carbons (Fsp3) is 0.143. The molecule has 4 rings (SSSR count). The van der Waals surface area contributed by atoms with E-state index in [-0.39, 0.29) is 11.8 Å².